The summed E-state index contributed by atoms with van der Waals surface area (Å²) in [5, 5.41) is 8.53. The molecule has 0 amide bonds. The van der Waals surface area contributed by atoms with Gasteiger partial charge in [-0.25, -0.2) is 10.1 Å². The van der Waals surface area contributed by atoms with Gasteiger partial charge in [0.15, 0.2) is 6.29 Å². The van der Waals surface area contributed by atoms with E-state index in [1.807, 2.05) is 37.3 Å². The fourth-order valence-corrected chi connectivity index (χ4v) is 1.25. The number of benzene rings is 1. The van der Waals surface area contributed by atoms with Gasteiger partial charge in [0.2, 0.25) is 0 Å². The molecule has 0 saturated heterocycles. The number of rotatable bonds is 4. The summed E-state index contributed by atoms with van der Waals surface area (Å²) >= 11 is 0. The lowest BCUT2D eigenvalue weighted by Crippen LogP contribution is -2.20. The monoisotopic (exact) mass is 182 g/mol. The van der Waals surface area contributed by atoms with Crippen molar-refractivity contribution in [2.45, 2.75) is 19.1 Å². The Kier molecular flexibility index (Phi) is 3.89. The minimum Gasteiger partial charge on any atom is -0.353 e. The van der Waals surface area contributed by atoms with E-state index in [1.165, 1.54) is 7.11 Å². The van der Waals surface area contributed by atoms with Crippen molar-refractivity contribution in [3.05, 3.63) is 35.9 Å². The molecule has 0 bridgehead atoms. The van der Waals surface area contributed by atoms with Gasteiger partial charge in [0, 0.05) is 13.0 Å². The molecule has 1 N–H and O–H groups in total. The van der Waals surface area contributed by atoms with Crippen LogP contribution in [0.4, 0.5) is 0 Å². The quantitative estimate of drug-likeness (QED) is 0.441. The second kappa shape index (κ2) is 4.97. The summed E-state index contributed by atoms with van der Waals surface area (Å²) in [5.74, 6) is 0.0104. The Morgan fingerprint density at radius 3 is 2.31 bits per heavy atom. The van der Waals surface area contributed by atoms with Crippen LogP contribution in [0.15, 0.2) is 30.3 Å². The van der Waals surface area contributed by atoms with E-state index in [9.17, 15) is 0 Å². The zero-order valence-electron chi connectivity index (χ0n) is 7.81. The highest BCUT2D eigenvalue weighted by Gasteiger charge is 2.18. The molecule has 0 spiro atoms. The van der Waals surface area contributed by atoms with Crippen LogP contribution >= 0.6 is 0 Å². The van der Waals surface area contributed by atoms with Crippen LogP contribution in [0.5, 0.6) is 0 Å². The van der Waals surface area contributed by atoms with E-state index in [4.69, 9.17) is 9.99 Å². The second-order valence-corrected chi connectivity index (χ2v) is 2.91. The van der Waals surface area contributed by atoms with Crippen molar-refractivity contribution in [2.24, 2.45) is 0 Å². The molecule has 1 rings (SSSR count). The average Bonchev–Trinajstić information content (AvgIpc) is 2.21. The van der Waals surface area contributed by atoms with Crippen molar-refractivity contribution in [2.75, 3.05) is 7.11 Å². The molecular weight excluding hydrogens is 168 g/mol. The Labute approximate surface area is 77.8 Å². The minimum atomic E-state index is -0.609. The van der Waals surface area contributed by atoms with Gasteiger partial charge in [-0.15, -0.1) is 0 Å². The number of ether oxygens (including phenoxy) is 1. The zero-order chi connectivity index (χ0) is 9.68. The van der Waals surface area contributed by atoms with Gasteiger partial charge in [0.1, 0.15) is 0 Å². The summed E-state index contributed by atoms with van der Waals surface area (Å²) in [4.78, 5) is 4.19. The lowest BCUT2D eigenvalue weighted by Gasteiger charge is -2.19. The van der Waals surface area contributed by atoms with E-state index >= 15 is 0 Å². The lowest BCUT2D eigenvalue weighted by atomic mass is 10.0. The summed E-state index contributed by atoms with van der Waals surface area (Å²) in [6.45, 7) is 1.93. The van der Waals surface area contributed by atoms with Crippen LogP contribution in [-0.2, 0) is 9.62 Å². The van der Waals surface area contributed by atoms with E-state index in [0.717, 1.165) is 5.56 Å². The first-order valence-electron chi connectivity index (χ1n) is 4.17. The van der Waals surface area contributed by atoms with Crippen molar-refractivity contribution < 1.29 is 14.9 Å². The molecule has 1 aromatic rings. The standard InChI is InChI=1S/C10H14O3/c1-8(10(12-2)13-11)9-6-4-3-5-7-9/h3-8,10-11H,1-2H3/t8-,10+/m0/s1. The first-order valence-corrected chi connectivity index (χ1v) is 4.17. The summed E-state index contributed by atoms with van der Waals surface area (Å²) in [6, 6.07) is 9.76. The normalized spacial score (nSPS) is 15.3. The number of hydrogen-bond donors (Lipinski definition) is 1. The highest BCUT2D eigenvalue weighted by Crippen LogP contribution is 2.20. The van der Waals surface area contributed by atoms with Crippen molar-refractivity contribution in [1.82, 2.24) is 0 Å². The molecule has 3 heteroatoms. The molecule has 1 aromatic carbocycles. The smallest absolute Gasteiger partial charge is 0.197 e. The molecule has 0 radical (unpaired) electrons. The van der Waals surface area contributed by atoms with E-state index in [2.05, 4.69) is 4.89 Å². The highest BCUT2D eigenvalue weighted by atomic mass is 17.1. The van der Waals surface area contributed by atoms with Crippen LogP contribution in [0.2, 0.25) is 0 Å². The molecule has 13 heavy (non-hydrogen) atoms. The van der Waals surface area contributed by atoms with Gasteiger partial charge in [-0.2, -0.15) is 0 Å². The van der Waals surface area contributed by atoms with Crippen LogP contribution in [0.25, 0.3) is 0 Å². The van der Waals surface area contributed by atoms with Crippen molar-refractivity contribution in [3.8, 4) is 0 Å². The lowest BCUT2D eigenvalue weighted by molar-refractivity contribution is -0.345. The third-order valence-electron chi connectivity index (χ3n) is 2.07. The Hall–Kier alpha value is -0.900. The van der Waals surface area contributed by atoms with Crippen LogP contribution < -0.4 is 0 Å². The predicted octanol–water partition coefficient (Wildman–Crippen LogP) is 2.25. The molecule has 0 aromatic heterocycles. The van der Waals surface area contributed by atoms with E-state index < -0.39 is 6.29 Å². The first kappa shape index (κ1) is 10.2. The maximum absolute atomic E-state index is 8.53. The molecule has 0 fully saturated rings. The molecule has 0 saturated carbocycles. The number of hydrogen-bond acceptors (Lipinski definition) is 3. The zero-order valence-corrected chi connectivity index (χ0v) is 7.81. The largest absolute Gasteiger partial charge is 0.353 e. The van der Waals surface area contributed by atoms with Gasteiger partial charge >= 0.3 is 0 Å². The third kappa shape index (κ3) is 2.52. The Bertz CT molecular complexity index is 231. The minimum absolute atomic E-state index is 0.0104. The topological polar surface area (TPSA) is 38.7 Å². The Morgan fingerprint density at radius 2 is 1.85 bits per heavy atom. The van der Waals surface area contributed by atoms with Gasteiger partial charge in [-0.1, -0.05) is 37.3 Å². The molecule has 0 aliphatic heterocycles. The molecule has 0 heterocycles. The molecule has 72 valence electrons. The van der Waals surface area contributed by atoms with E-state index in [1.54, 1.807) is 0 Å². The second-order valence-electron chi connectivity index (χ2n) is 2.91. The summed E-state index contributed by atoms with van der Waals surface area (Å²) < 4.78 is 4.94. The van der Waals surface area contributed by atoms with Gasteiger partial charge in [0.05, 0.1) is 0 Å². The maximum atomic E-state index is 8.53. The molecule has 0 unspecified atom stereocenters. The van der Waals surface area contributed by atoms with Gasteiger partial charge in [-0.3, -0.25) is 0 Å². The molecule has 0 aliphatic carbocycles. The molecule has 0 aliphatic rings. The van der Waals surface area contributed by atoms with E-state index in [0.29, 0.717) is 0 Å². The fourth-order valence-electron chi connectivity index (χ4n) is 1.25. The SMILES string of the molecule is CO[C@H](OO)[C@@H](C)c1ccccc1. The third-order valence-corrected chi connectivity index (χ3v) is 2.07. The fraction of sp³-hybridized carbons (Fsp3) is 0.400. The van der Waals surface area contributed by atoms with Crippen LogP contribution in [0.3, 0.4) is 0 Å². The molecule has 2 atom stereocenters. The Morgan fingerprint density at radius 1 is 1.23 bits per heavy atom. The summed E-state index contributed by atoms with van der Waals surface area (Å²) in [7, 11) is 1.50. The van der Waals surface area contributed by atoms with Gasteiger partial charge in [-0.05, 0) is 5.56 Å². The summed E-state index contributed by atoms with van der Waals surface area (Å²) in [6.07, 6.45) is -0.609. The van der Waals surface area contributed by atoms with Crippen LogP contribution in [0.1, 0.15) is 18.4 Å². The molecular formula is C10H14O3. The van der Waals surface area contributed by atoms with Crippen molar-refractivity contribution in [3.63, 3.8) is 0 Å². The first-order chi connectivity index (χ1) is 6.29. The maximum Gasteiger partial charge on any atom is 0.197 e. The number of methoxy groups -OCH3 is 1. The van der Waals surface area contributed by atoms with Crippen molar-refractivity contribution >= 4 is 0 Å². The summed E-state index contributed by atoms with van der Waals surface area (Å²) in [5.41, 5.74) is 1.07. The van der Waals surface area contributed by atoms with Crippen LogP contribution in [-0.4, -0.2) is 18.7 Å². The molecule has 3 nitrogen and oxygen atoms in total. The predicted molar refractivity (Wildman–Crippen MR) is 49.4 cm³/mol. The van der Waals surface area contributed by atoms with E-state index in [-0.39, 0.29) is 5.92 Å². The van der Waals surface area contributed by atoms with Gasteiger partial charge in [0.25, 0.3) is 0 Å². The van der Waals surface area contributed by atoms with Gasteiger partial charge < -0.3 is 4.74 Å². The van der Waals surface area contributed by atoms with Crippen molar-refractivity contribution in [1.29, 1.82) is 0 Å². The highest BCUT2D eigenvalue weighted by molar-refractivity contribution is 5.19. The Balaban J connectivity index is 2.72. The average molecular weight is 182 g/mol. The van der Waals surface area contributed by atoms with Crippen LogP contribution in [0, 0.1) is 0 Å².